The molecular formula is C25H24ClN5O2S. The van der Waals surface area contributed by atoms with Gasteiger partial charge in [-0.25, -0.2) is 0 Å². The van der Waals surface area contributed by atoms with Gasteiger partial charge in [0.05, 0.1) is 5.02 Å². The number of carbonyl (C=O) groups is 1. The van der Waals surface area contributed by atoms with E-state index in [-0.39, 0.29) is 11.9 Å². The third-order valence-electron chi connectivity index (χ3n) is 5.91. The van der Waals surface area contributed by atoms with Crippen molar-refractivity contribution in [2.24, 2.45) is 0 Å². The molecule has 0 spiro atoms. The zero-order valence-corrected chi connectivity index (χ0v) is 20.2. The van der Waals surface area contributed by atoms with Crippen LogP contribution >= 0.6 is 23.4 Å². The average Bonchev–Trinajstić information content (AvgIpc) is 3.59. The van der Waals surface area contributed by atoms with Crippen LogP contribution in [0.1, 0.15) is 48.3 Å². The predicted molar refractivity (Wildman–Crippen MR) is 133 cm³/mol. The Labute approximate surface area is 206 Å². The summed E-state index contributed by atoms with van der Waals surface area (Å²) in [5.74, 6) is 1.55. The van der Waals surface area contributed by atoms with Crippen molar-refractivity contribution in [3.05, 3.63) is 77.0 Å². The lowest BCUT2D eigenvalue weighted by Crippen LogP contribution is -2.20. The fourth-order valence-electron chi connectivity index (χ4n) is 4.30. The number of hydrogen-bond donors (Lipinski definition) is 1. The van der Waals surface area contributed by atoms with Crippen molar-refractivity contribution in [2.75, 3.05) is 5.32 Å². The number of anilines is 1. The van der Waals surface area contributed by atoms with Crippen LogP contribution in [0.15, 0.2) is 70.3 Å². The molecule has 0 saturated heterocycles. The van der Waals surface area contributed by atoms with E-state index in [1.807, 2.05) is 54.6 Å². The number of rotatable bonds is 7. The Balaban J connectivity index is 1.53. The van der Waals surface area contributed by atoms with Gasteiger partial charge in [0, 0.05) is 17.7 Å². The van der Waals surface area contributed by atoms with Gasteiger partial charge in [-0.05, 0) is 37.5 Å². The Hall–Kier alpha value is -3.10. The minimum Gasteiger partial charge on any atom is -0.360 e. The summed E-state index contributed by atoms with van der Waals surface area (Å²) in [5.41, 5.74) is 1.71. The summed E-state index contributed by atoms with van der Waals surface area (Å²) in [6.45, 7) is 1.78. The molecule has 1 saturated carbocycles. The number of nitrogens with one attached hydrogen (secondary N) is 1. The molecule has 0 radical (unpaired) electrons. The second-order valence-corrected chi connectivity index (χ2v) is 9.79. The van der Waals surface area contributed by atoms with E-state index in [2.05, 4.69) is 25.2 Å². The highest BCUT2D eigenvalue weighted by atomic mass is 35.5. The zero-order valence-electron chi connectivity index (χ0n) is 18.6. The largest absolute Gasteiger partial charge is 0.360 e. The van der Waals surface area contributed by atoms with E-state index >= 15 is 0 Å². The number of aromatic nitrogens is 4. The first-order valence-corrected chi connectivity index (χ1v) is 12.5. The normalized spacial score (nSPS) is 14.9. The summed E-state index contributed by atoms with van der Waals surface area (Å²) in [7, 11) is 0. The first kappa shape index (κ1) is 22.7. The molecule has 34 heavy (non-hydrogen) atoms. The molecule has 0 aliphatic heterocycles. The summed E-state index contributed by atoms with van der Waals surface area (Å²) in [4.78, 5) is 13.4. The maximum Gasteiger partial charge on any atom is 0.243 e. The van der Waals surface area contributed by atoms with Gasteiger partial charge in [0.15, 0.2) is 16.8 Å². The third-order valence-corrected chi connectivity index (χ3v) is 7.45. The van der Waals surface area contributed by atoms with Gasteiger partial charge >= 0.3 is 0 Å². The van der Waals surface area contributed by atoms with E-state index in [4.69, 9.17) is 16.1 Å². The monoisotopic (exact) mass is 493 g/mol. The number of halogens is 1. The van der Waals surface area contributed by atoms with Crippen molar-refractivity contribution in [2.45, 2.75) is 49.1 Å². The smallest absolute Gasteiger partial charge is 0.243 e. The number of benzene rings is 2. The van der Waals surface area contributed by atoms with Crippen molar-refractivity contribution in [1.29, 1.82) is 0 Å². The van der Waals surface area contributed by atoms with Crippen molar-refractivity contribution >= 4 is 35.1 Å². The summed E-state index contributed by atoms with van der Waals surface area (Å²) < 4.78 is 7.28. The first-order chi connectivity index (χ1) is 16.6. The molecular weight excluding hydrogens is 470 g/mol. The van der Waals surface area contributed by atoms with Gasteiger partial charge in [0.25, 0.3) is 0 Å². The molecule has 1 atom stereocenters. The molecule has 1 fully saturated rings. The Morgan fingerprint density at radius 2 is 1.85 bits per heavy atom. The minimum atomic E-state index is -0.554. The fourth-order valence-corrected chi connectivity index (χ4v) is 5.63. The molecule has 7 nitrogen and oxygen atoms in total. The SMILES string of the molecule is Cc1cc(NC(=O)C(Sc2nnc(-c3ccccc3Cl)n2C2CCCC2)c2ccccc2)no1. The van der Waals surface area contributed by atoms with Crippen molar-refractivity contribution < 1.29 is 9.32 Å². The highest BCUT2D eigenvalue weighted by molar-refractivity contribution is 8.00. The van der Waals surface area contributed by atoms with Crippen molar-refractivity contribution in [3.63, 3.8) is 0 Å². The molecule has 2 aromatic heterocycles. The van der Waals surface area contributed by atoms with Crippen LogP contribution in [0.3, 0.4) is 0 Å². The number of aryl methyl sites for hydroxylation is 1. The van der Waals surface area contributed by atoms with Crippen LogP contribution in [0.5, 0.6) is 0 Å². The number of carbonyl (C=O) groups excluding carboxylic acids is 1. The topological polar surface area (TPSA) is 85.8 Å². The Morgan fingerprint density at radius 3 is 2.56 bits per heavy atom. The van der Waals surface area contributed by atoms with Crippen LogP contribution in [0.25, 0.3) is 11.4 Å². The van der Waals surface area contributed by atoms with Crippen LogP contribution in [-0.2, 0) is 4.79 Å². The van der Waals surface area contributed by atoms with Gasteiger partial charge in [-0.15, -0.1) is 10.2 Å². The van der Waals surface area contributed by atoms with Gasteiger partial charge in [0.1, 0.15) is 11.0 Å². The maximum atomic E-state index is 13.4. The molecule has 4 aromatic rings. The van der Waals surface area contributed by atoms with Gasteiger partial charge in [-0.3, -0.25) is 9.36 Å². The number of thioether (sulfide) groups is 1. The molecule has 0 bridgehead atoms. The molecule has 5 rings (SSSR count). The standard InChI is InChI=1S/C25H24ClN5O2S/c1-16-15-21(30-33-16)27-24(32)22(17-9-3-2-4-10-17)34-25-29-28-23(19-13-7-8-14-20(19)26)31(25)18-11-5-6-12-18/h2-4,7-10,13-15,18,22H,5-6,11-12H2,1H3,(H,27,30,32). The lowest BCUT2D eigenvalue weighted by Gasteiger charge is -2.20. The number of amides is 1. The summed E-state index contributed by atoms with van der Waals surface area (Å²) in [6, 6.07) is 19.3. The van der Waals surface area contributed by atoms with E-state index < -0.39 is 5.25 Å². The summed E-state index contributed by atoms with van der Waals surface area (Å²) in [5, 5.41) is 16.6. The van der Waals surface area contributed by atoms with E-state index in [0.29, 0.717) is 21.8 Å². The molecule has 1 amide bonds. The Bertz CT molecular complexity index is 1280. The van der Waals surface area contributed by atoms with Crippen LogP contribution in [0.2, 0.25) is 5.02 Å². The van der Waals surface area contributed by atoms with Crippen LogP contribution in [-0.4, -0.2) is 25.8 Å². The van der Waals surface area contributed by atoms with Crippen molar-refractivity contribution in [1.82, 2.24) is 19.9 Å². The number of hydrogen-bond acceptors (Lipinski definition) is 6. The molecule has 174 valence electrons. The fraction of sp³-hybridized carbons (Fsp3) is 0.280. The van der Waals surface area contributed by atoms with Gasteiger partial charge in [-0.2, -0.15) is 0 Å². The molecule has 1 N–H and O–H groups in total. The van der Waals surface area contributed by atoms with Crippen LogP contribution in [0.4, 0.5) is 5.82 Å². The first-order valence-electron chi connectivity index (χ1n) is 11.3. The van der Waals surface area contributed by atoms with Gasteiger partial charge in [-0.1, -0.05) is 83.8 Å². The highest BCUT2D eigenvalue weighted by Gasteiger charge is 2.30. The molecule has 1 unspecified atom stereocenters. The van der Waals surface area contributed by atoms with E-state index in [9.17, 15) is 4.79 Å². The lowest BCUT2D eigenvalue weighted by atomic mass is 10.1. The Kier molecular flexibility index (Phi) is 6.69. The molecule has 2 heterocycles. The molecule has 9 heteroatoms. The van der Waals surface area contributed by atoms with Crippen LogP contribution < -0.4 is 5.32 Å². The average molecular weight is 494 g/mol. The van der Waals surface area contributed by atoms with Crippen molar-refractivity contribution in [3.8, 4) is 11.4 Å². The number of nitrogens with zero attached hydrogens (tertiary/aromatic N) is 4. The summed E-state index contributed by atoms with van der Waals surface area (Å²) >= 11 is 7.91. The molecule has 2 aromatic carbocycles. The zero-order chi connectivity index (χ0) is 23.5. The third kappa shape index (κ3) is 4.74. The molecule has 1 aliphatic carbocycles. The van der Waals surface area contributed by atoms with Gasteiger partial charge in [0.2, 0.25) is 5.91 Å². The quantitative estimate of drug-likeness (QED) is 0.296. The van der Waals surface area contributed by atoms with E-state index in [1.54, 1.807) is 13.0 Å². The van der Waals surface area contributed by atoms with E-state index in [1.165, 1.54) is 11.8 Å². The van der Waals surface area contributed by atoms with Crippen LogP contribution in [0, 0.1) is 6.92 Å². The summed E-state index contributed by atoms with van der Waals surface area (Å²) in [6.07, 6.45) is 4.40. The minimum absolute atomic E-state index is 0.204. The predicted octanol–water partition coefficient (Wildman–Crippen LogP) is 6.48. The van der Waals surface area contributed by atoms with E-state index in [0.717, 1.165) is 42.6 Å². The maximum absolute atomic E-state index is 13.4. The lowest BCUT2D eigenvalue weighted by molar-refractivity contribution is -0.115. The molecule has 1 aliphatic rings. The van der Waals surface area contributed by atoms with Gasteiger partial charge < -0.3 is 9.84 Å². The highest BCUT2D eigenvalue weighted by Crippen LogP contribution is 2.42. The second-order valence-electron chi connectivity index (χ2n) is 8.31. The Morgan fingerprint density at radius 1 is 1.12 bits per heavy atom. The second kappa shape index (κ2) is 10.0.